The van der Waals surface area contributed by atoms with E-state index in [1.807, 2.05) is 0 Å². The van der Waals surface area contributed by atoms with E-state index in [1.54, 1.807) is 0 Å². The Kier molecular flexibility index (Phi) is 7.38. The van der Waals surface area contributed by atoms with Crippen LogP contribution in [0.2, 0.25) is 0 Å². The maximum absolute atomic E-state index is 10.0. The van der Waals surface area contributed by atoms with Crippen LogP contribution in [0.4, 0.5) is 0 Å². The van der Waals surface area contributed by atoms with Crippen molar-refractivity contribution < 1.29 is 49.0 Å². The second-order valence-corrected chi connectivity index (χ2v) is 2.44. The molecule has 0 saturated heterocycles. The van der Waals surface area contributed by atoms with Gasteiger partial charge in [0.2, 0.25) is 0 Å². The summed E-state index contributed by atoms with van der Waals surface area (Å²) in [5, 5.41) is 8.33. The third-order valence-electron chi connectivity index (χ3n) is 0.407. The van der Waals surface area contributed by atoms with Gasteiger partial charge in [0.15, 0.2) is 0 Å². The Balaban J connectivity index is -0.000000245. The molecule has 0 fully saturated rings. The summed E-state index contributed by atoms with van der Waals surface area (Å²) in [6, 6.07) is 0. The van der Waals surface area contributed by atoms with Gasteiger partial charge in [0.1, 0.15) is 0 Å². The molecule has 50 valence electrons. The fourth-order valence-corrected chi connectivity index (χ4v) is 0.575. The van der Waals surface area contributed by atoms with Gasteiger partial charge in [-0.3, -0.25) is 0 Å². The molecule has 0 saturated carbocycles. The van der Waals surface area contributed by atoms with Gasteiger partial charge in [-0.2, -0.15) is 8.42 Å². The predicted molar refractivity (Wildman–Crippen MR) is 28.6 cm³/mol. The number of allylic oxidation sites excluding steroid dienone is 1. The second-order valence-electron chi connectivity index (χ2n) is 1.04. The summed E-state index contributed by atoms with van der Waals surface area (Å²) < 4.78 is 23.1. The zero-order valence-electron chi connectivity index (χ0n) is 6.23. The Morgan fingerprint density at radius 2 is 2.11 bits per heavy atom. The molecule has 4 nitrogen and oxygen atoms in total. The van der Waals surface area contributed by atoms with Crippen LogP contribution in [-0.2, 0) is 14.5 Å². The van der Waals surface area contributed by atoms with E-state index >= 15 is 0 Å². The molecule has 0 aromatic rings. The minimum absolute atomic E-state index is 0. The van der Waals surface area contributed by atoms with Crippen molar-refractivity contribution in [3.63, 3.8) is 0 Å². The molecule has 0 aliphatic rings. The molecular weight excluding hydrogens is 155 g/mol. The van der Waals surface area contributed by atoms with E-state index in [-0.39, 0.29) is 31.0 Å². The zero-order chi connectivity index (χ0) is 6.62. The van der Waals surface area contributed by atoms with Crippen LogP contribution in [0.5, 0.6) is 0 Å². The summed E-state index contributed by atoms with van der Waals surface area (Å²) in [6.45, 7) is 1.50. The first-order chi connectivity index (χ1) is 3.62. The molecule has 6 heteroatoms. The minimum atomic E-state index is -3.79. The third kappa shape index (κ3) is 6.50. The topological polar surface area (TPSA) is 63.6 Å². The molecule has 0 aliphatic carbocycles. The normalized spacial score (nSPS) is 11.3. The second kappa shape index (κ2) is 5.40. The van der Waals surface area contributed by atoms with Crippen LogP contribution in [0.25, 0.3) is 0 Å². The molecule has 0 rings (SSSR count). The zero-order valence-corrected chi connectivity index (χ0v) is 8.05. The largest absolute Gasteiger partial charge is 1.00 e. The molecule has 9 heavy (non-hydrogen) atoms. The Morgan fingerprint density at radius 3 is 2.22 bits per heavy atom. The van der Waals surface area contributed by atoms with Crippen LogP contribution in [0.3, 0.4) is 0 Å². The van der Waals surface area contributed by atoms with Crippen molar-refractivity contribution in [2.24, 2.45) is 0 Å². The monoisotopic (exact) mass is 162 g/mol. The summed E-state index contributed by atoms with van der Waals surface area (Å²) >= 11 is 0. The van der Waals surface area contributed by atoms with Crippen LogP contribution in [0.1, 0.15) is 8.35 Å². The minimum Gasteiger partial charge on any atom is -1.00 e. The van der Waals surface area contributed by atoms with E-state index in [0.29, 0.717) is 0 Å². The van der Waals surface area contributed by atoms with Crippen molar-refractivity contribution in [2.75, 3.05) is 0 Å². The van der Waals surface area contributed by atoms with E-state index < -0.39 is 10.1 Å². The Morgan fingerprint density at radius 1 is 1.67 bits per heavy atom. The molecule has 0 radical (unpaired) electrons. The number of hydrogen-bond acceptors (Lipinski definition) is 4. The Hall–Kier alpha value is 0.610. The van der Waals surface area contributed by atoms with E-state index in [1.165, 1.54) is 13.0 Å². The SMILES string of the molecule is CC=CS(=O)(=O)OO.[H-].[Na+]. The number of hydrogen-bond donors (Lipinski definition) is 1. The molecule has 0 aromatic carbocycles. The van der Waals surface area contributed by atoms with Gasteiger partial charge in [-0.1, -0.05) is 6.08 Å². The van der Waals surface area contributed by atoms with Crippen molar-refractivity contribution in [3.05, 3.63) is 11.5 Å². The molecule has 1 N–H and O–H groups in total. The molecule has 0 unspecified atom stereocenters. The summed E-state index contributed by atoms with van der Waals surface area (Å²) in [4.78, 5) is 0. The maximum Gasteiger partial charge on any atom is 1.00 e. The van der Waals surface area contributed by atoms with Crippen LogP contribution in [0, 0.1) is 0 Å². The summed E-state index contributed by atoms with van der Waals surface area (Å²) in [5.74, 6) is 0. The van der Waals surface area contributed by atoms with Gasteiger partial charge in [-0.15, -0.1) is 4.33 Å². The number of rotatable bonds is 2. The smallest absolute Gasteiger partial charge is 1.00 e. The van der Waals surface area contributed by atoms with E-state index in [0.717, 1.165) is 5.41 Å². The first-order valence-electron chi connectivity index (χ1n) is 1.83. The first-order valence-corrected chi connectivity index (χ1v) is 3.30. The molecule has 0 bridgehead atoms. The van der Waals surface area contributed by atoms with Crippen LogP contribution in [0.15, 0.2) is 11.5 Å². The average Bonchev–Trinajstić information content (AvgIpc) is 1.67. The fourth-order valence-electron chi connectivity index (χ4n) is 0.192. The van der Waals surface area contributed by atoms with Crippen molar-refractivity contribution in [1.29, 1.82) is 0 Å². The Labute approximate surface area is 77.3 Å². The Bertz CT molecular complexity index is 175. The predicted octanol–water partition coefficient (Wildman–Crippen LogP) is -2.54. The molecule has 0 heterocycles. The van der Waals surface area contributed by atoms with Gasteiger partial charge < -0.3 is 1.43 Å². The van der Waals surface area contributed by atoms with Crippen molar-refractivity contribution in [2.45, 2.75) is 6.92 Å². The van der Waals surface area contributed by atoms with E-state index in [4.69, 9.17) is 5.26 Å². The van der Waals surface area contributed by atoms with Crippen LogP contribution >= 0.6 is 0 Å². The molecule has 0 amide bonds. The van der Waals surface area contributed by atoms with Gasteiger partial charge in [0, 0.05) is 0 Å². The molecule has 0 spiro atoms. The van der Waals surface area contributed by atoms with Gasteiger partial charge in [-0.05, 0) is 6.92 Å². The quantitative estimate of drug-likeness (QED) is 0.276. The standard InChI is InChI=1S/C3H6O4S.Na.H/c1-2-3-8(5,6)7-4;;/h2-4H,1H3;;/q;+1;-1. The summed E-state index contributed by atoms with van der Waals surface area (Å²) in [7, 11) is -3.79. The van der Waals surface area contributed by atoms with Gasteiger partial charge in [-0.25, -0.2) is 5.26 Å². The average molecular weight is 162 g/mol. The first kappa shape index (κ1) is 12.3. The van der Waals surface area contributed by atoms with E-state index in [9.17, 15) is 8.42 Å². The molecule has 0 aromatic heterocycles. The fraction of sp³-hybridized carbons (Fsp3) is 0.333. The van der Waals surface area contributed by atoms with Crippen molar-refractivity contribution in [1.82, 2.24) is 0 Å². The summed E-state index contributed by atoms with van der Waals surface area (Å²) in [5.41, 5.74) is 0. The van der Waals surface area contributed by atoms with Crippen LogP contribution in [-0.4, -0.2) is 13.7 Å². The third-order valence-corrected chi connectivity index (χ3v) is 1.22. The van der Waals surface area contributed by atoms with Crippen molar-refractivity contribution in [3.8, 4) is 0 Å². The van der Waals surface area contributed by atoms with Crippen molar-refractivity contribution >= 4 is 10.1 Å². The van der Waals surface area contributed by atoms with Gasteiger partial charge >= 0.3 is 39.7 Å². The van der Waals surface area contributed by atoms with Crippen LogP contribution < -0.4 is 29.6 Å². The van der Waals surface area contributed by atoms with E-state index in [2.05, 4.69) is 4.33 Å². The van der Waals surface area contributed by atoms with Gasteiger partial charge in [0.05, 0.1) is 5.41 Å². The molecular formula is C3H7NaO4S. The molecule has 0 aliphatic heterocycles. The molecule has 0 atom stereocenters. The maximum atomic E-state index is 10.0. The van der Waals surface area contributed by atoms with Gasteiger partial charge in [0.25, 0.3) is 0 Å². The summed E-state index contributed by atoms with van der Waals surface area (Å²) in [6.07, 6.45) is 1.24.